The molecule has 2 aliphatic rings. The van der Waals surface area contributed by atoms with E-state index in [0.29, 0.717) is 38.4 Å². The monoisotopic (exact) mass is 358 g/mol. The summed E-state index contributed by atoms with van der Waals surface area (Å²) >= 11 is 0. The van der Waals surface area contributed by atoms with Gasteiger partial charge in [0, 0.05) is 44.0 Å². The van der Waals surface area contributed by atoms with Crippen LogP contribution in [0.1, 0.15) is 22.6 Å². The topological polar surface area (TPSA) is 99.7 Å². The Bertz CT molecular complexity index is 872. The van der Waals surface area contributed by atoms with Gasteiger partial charge in [-0.05, 0) is 12.1 Å². The van der Waals surface area contributed by atoms with Gasteiger partial charge < -0.3 is 18.9 Å². The van der Waals surface area contributed by atoms with Gasteiger partial charge in [0.1, 0.15) is 5.69 Å². The van der Waals surface area contributed by atoms with E-state index in [0.717, 1.165) is 0 Å². The molecule has 3 heterocycles. The minimum atomic E-state index is -0.671. The maximum absolute atomic E-state index is 12.6. The molecule has 0 amide bonds. The highest BCUT2D eigenvalue weighted by molar-refractivity contribution is 6.07. The minimum absolute atomic E-state index is 0.111. The van der Waals surface area contributed by atoms with Gasteiger partial charge in [-0.15, -0.1) is 0 Å². The van der Waals surface area contributed by atoms with Gasteiger partial charge in [0.2, 0.25) is 5.78 Å². The van der Waals surface area contributed by atoms with Crippen molar-refractivity contribution in [2.24, 2.45) is 7.05 Å². The van der Waals surface area contributed by atoms with Gasteiger partial charge in [0.15, 0.2) is 11.6 Å². The molecule has 4 rings (SSSR count). The Balaban J connectivity index is 1.65. The zero-order valence-corrected chi connectivity index (χ0v) is 14.3. The number of anilines is 1. The smallest absolute Gasteiger partial charge is 0.293 e. The number of aryl methyl sites for hydroxylation is 1. The molecule has 1 aromatic carbocycles. The van der Waals surface area contributed by atoms with Gasteiger partial charge in [-0.25, -0.2) is 4.98 Å². The number of aromatic nitrogens is 2. The first-order valence-electron chi connectivity index (χ1n) is 8.32. The van der Waals surface area contributed by atoms with Gasteiger partial charge in [-0.2, -0.15) is 0 Å². The number of nitro benzene ring substituents is 1. The maximum atomic E-state index is 12.6. The van der Waals surface area contributed by atoms with E-state index in [1.807, 2.05) is 4.90 Å². The lowest BCUT2D eigenvalue weighted by Gasteiger charge is -2.23. The van der Waals surface area contributed by atoms with Gasteiger partial charge in [-0.3, -0.25) is 14.9 Å². The largest absolute Gasteiger partial charge is 0.360 e. The highest BCUT2D eigenvalue weighted by Crippen LogP contribution is 2.37. The lowest BCUT2D eigenvalue weighted by atomic mass is 10.1. The standard InChI is InChI=1S/C17H18N4O5/c1-19-7-5-18-16(19)15(22)12-2-3-13(14(10-12)21(23)24)20-6-4-17(11-20)25-8-9-26-17/h2-3,5,7,10H,4,6,8-9,11H2,1H3. The molecule has 9 heteroatoms. The van der Waals surface area contributed by atoms with E-state index >= 15 is 0 Å². The Morgan fingerprint density at radius 1 is 1.35 bits per heavy atom. The predicted molar refractivity (Wildman–Crippen MR) is 91.2 cm³/mol. The van der Waals surface area contributed by atoms with Crippen molar-refractivity contribution in [1.82, 2.24) is 9.55 Å². The van der Waals surface area contributed by atoms with Crippen LogP contribution in [0, 0.1) is 10.1 Å². The average Bonchev–Trinajstić information content (AvgIpc) is 3.37. The lowest BCUT2D eigenvalue weighted by Crippen LogP contribution is -2.34. The number of benzene rings is 1. The van der Waals surface area contributed by atoms with Crippen LogP contribution < -0.4 is 4.90 Å². The molecule has 0 saturated carbocycles. The summed E-state index contributed by atoms with van der Waals surface area (Å²) in [5.41, 5.74) is 0.583. The first-order valence-corrected chi connectivity index (χ1v) is 8.32. The van der Waals surface area contributed by atoms with Gasteiger partial charge >= 0.3 is 0 Å². The maximum Gasteiger partial charge on any atom is 0.293 e. The molecule has 136 valence electrons. The van der Waals surface area contributed by atoms with Crippen LogP contribution in [0.3, 0.4) is 0 Å². The van der Waals surface area contributed by atoms with E-state index in [2.05, 4.69) is 4.98 Å². The van der Waals surface area contributed by atoms with Crippen molar-refractivity contribution in [3.05, 3.63) is 52.1 Å². The Labute approximate surface area is 149 Å². The van der Waals surface area contributed by atoms with Crippen molar-refractivity contribution < 1.29 is 19.2 Å². The highest BCUT2D eigenvalue weighted by Gasteiger charge is 2.44. The minimum Gasteiger partial charge on any atom is -0.360 e. The Hall–Kier alpha value is -2.78. The molecule has 1 spiro atoms. The van der Waals surface area contributed by atoms with E-state index < -0.39 is 10.7 Å². The third-order valence-corrected chi connectivity index (χ3v) is 4.81. The van der Waals surface area contributed by atoms with Crippen molar-refractivity contribution in [2.75, 3.05) is 31.2 Å². The molecule has 2 aliphatic heterocycles. The SMILES string of the molecule is Cn1ccnc1C(=O)c1ccc(N2CCC3(C2)OCCO3)c([N+](=O)[O-])c1. The number of hydrogen-bond donors (Lipinski definition) is 0. The average molecular weight is 358 g/mol. The number of carbonyl (C=O) groups excluding carboxylic acids is 1. The Kier molecular flexibility index (Phi) is 3.97. The molecule has 1 aromatic heterocycles. The number of rotatable bonds is 4. The number of carbonyl (C=O) groups is 1. The van der Waals surface area contributed by atoms with Crippen molar-refractivity contribution in [3.8, 4) is 0 Å². The summed E-state index contributed by atoms with van der Waals surface area (Å²) < 4.78 is 12.9. The summed E-state index contributed by atoms with van der Waals surface area (Å²) in [6.07, 6.45) is 3.82. The van der Waals surface area contributed by atoms with Crippen LogP contribution in [-0.4, -0.2) is 52.3 Å². The van der Waals surface area contributed by atoms with Gasteiger partial charge in [0.05, 0.1) is 24.7 Å². The summed E-state index contributed by atoms with van der Waals surface area (Å²) in [5, 5.41) is 11.6. The van der Waals surface area contributed by atoms with Crippen LogP contribution >= 0.6 is 0 Å². The number of nitro groups is 1. The quantitative estimate of drug-likeness (QED) is 0.464. The van der Waals surface area contributed by atoms with E-state index in [1.54, 1.807) is 29.9 Å². The summed E-state index contributed by atoms with van der Waals surface area (Å²) in [6.45, 7) is 2.09. The molecule has 9 nitrogen and oxygen atoms in total. The second-order valence-corrected chi connectivity index (χ2v) is 6.43. The summed E-state index contributed by atoms with van der Waals surface area (Å²) in [6, 6.07) is 4.52. The molecule has 2 aromatic rings. The highest BCUT2D eigenvalue weighted by atomic mass is 16.7. The Morgan fingerprint density at radius 2 is 2.12 bits per heavy atom. The molecule has 0 bridgehead atoms. The fourth-order valence-electron chi connectivity index (χ4n) is 3.48. The van der Waals surface area contributed by atoms with Crippen molar-refractivity contribution >= 4 is 17.2 Å². The predicted octanol–water partition coefficient (Wildman–Crippen LogP) is 1.51. The second kappa shape index (κ2) is 6.19. The zero-order chi connectivity index (χ0) is 18.3. The Morgan fingerprint density at radius 3 is 2.77 bits per heavy atom. The van der Waals surface area contributed by atoms with E-state index in [-0.39, 0.29) is 22.9 Å². The van der Waals surface area contributed by atoms with Gasteiger partial charge in [0.25, 0.3) is 5.69 Å². The number of hydrogen-bond acceptors (Lipinski definition) is 7. The van der Waals surface area contributed by atoms with Crippen molar-refractivity contribution in [2.45, 2.75) is 12.2 Å². The van der Waals surface area contributed by atoms with E-state index in [4.69, 9.17) is 9.47 Å². The number of nitrogens with zero attached hydrogens (tertiary/aromatic N) is 4. The third kappa shape index (κ3) is 2.74. The molecule has 0 unspecified atom stereocenters. The van der Waals surface area contributed by atoms with E-state index in [1.165, 1.54) is 12.3 Å². The molecule has 2 fully saturated rings. The second-order valence-electron chi connectivity index (χ2n) is 6.43. The van der Waals surface area contributed by atoms with Crippen LogP contribution in [-0.2, 0) is 16.5 Å². The summed E-state index contributed by atoms with van der Waals surface area (Å²) in [4.78, 5) is 29.6. The fourth-order valence-corrected chi connectivity index (χ4v) is 3.48. The molecular formula is C17H18N4O5. The van der Waals surface area contributed by atoms with Crippen LogP contribution in [0.4, 0.5) is 11.4 Å². The fraction of sp³-hybridized carbons (Fsp3) is 0.412. The molecule has 0 radical (unpaired) electrons. The normalized spacial score (nSPS) is 18.6. The van der Waals surface area contributed by atoms with Crippen LogP contribution in [0.5, 0.6) is 0 Å². The number of ketones is 1. The summed E-state index contributed by atoms with van der Waals surface area (Å²) in [5.74, 6) is -0.789. The van der Waals surface area contributed by atoms with Crippen LogP contribution in [0.2, 0.25) is 0 Å². The zero-order valence-electron chi connectivity index (χ0n) is 14.3. The van der Waals surface area contributed by atoms with Gasteiger partial charge in [-0.1, -0.05) is 0 Å². The molecule has 0 aliphatic carbocycles. The summed E-state index contributed by atoms with van der Waals surface area (Å²) in [7, 11) is 1.70. The molecular weight excluding hydrogens is 340 g/mol. The third-order valence-electron chi connectivity index (χ3n) is 4.81. The number of imidazole rings is 1. The first-order chi connectivity index (χ1) is 12.5. The lowest BCUT2D eigenvalue weighted by molar-refractivity contribution is -0.384. The number of ether oxygens (including phenoxy) is 2. The molecule has 26 heavy (non-hydrogen) atoms. The first kappa shape index (κ1) is 16.7. The molecule has 0 N–H and O–H groups in total. The molecule has 2 saturated heterocycles. The van der Waals surface area contributed by atoms with Crippen LogP contribution in [0.15, 0.2) is 30.6 Å². The van der Waals surface area contributed by atoms with Crippen molar-refractivity contribution in [1.29, 1.82) is 0 Å². The van der Waals surface area contributed by atoms with Crippen LogP contribution in [0.25, 0.3) is 0 Å². The van der Waals surface area contributed by atoms with Crippen molar-refractivity contribution in [3.63, 3.8) is 0 Å². The molecule has 0 atom stereocenters. The van der Waals surface area contributed by atoms with E-state index in [9.17, 15) is 14.9 Å².